The molecule has 5 nitrogen and oxygen atoms in total. The maximum atomic E-state index is 12.3. The topological polar surface area (TPSA) is 77.8 Å². The van der Waals surface area contributed by atoms with Crippen LogP contribution in [0.3, 0.4) is 0 Å². The molecule has 0 aliphatic heterocycles. The Morgan fingerprint density at radius 1 is 1.00 bits per heavy atom. The first kappa shape index (κ1) is 17.2. The Morgan fingerprint density at radius 3 is 2.46 bits per heavy atom. The Balaban J connectivity index is 1.71. The monoisotopic (exact) mass is 342 g/mol. The molecule has 3 aromatic rings. The van der Waals surface area contributed by atoms with Gasteiger partial charge in [0.15, 0.2) is 0 Å². The molecule has 2 aromatic carbocycles. The van der Waals surface area contributed by atoms with Crippen LogP contribution in [0.1, 0.15) is 27.2 Å². The number of rotatable bonds is 4. The van der Waals surface area contributed by atoms with Gasteiger partial charge in [0, 0.05) is 5.69 Å². The van der Waals surface area contributed by atoms with Crippen molar-refractivity contribution in [2.45, 2.75) is 13.8 Å². The van der Waals surface area contributed by atoms with E-state index in [4.69, 9.17) is 5.26 Å². The number of anilines is 3. The minimum Gasteiger partial charge on any atom is -0.353 e. The lowest BCUT2D eigenvalue weighted by Gasteiger charge is -2.09. The average Bonchev–Trinajstić information content (AvgIpc) is 2.66. The summed E-state index contributed by atoms with van der Waals surface area (Å²) in [7, 11) is 0. The summed E-state index contributed by atoms with van der Waals surface area (Å²) in [6.07, 6.45) is 1.57. The standard InChI is InChI=1S/C21H18N4O/c1-14-7-8-17(11-15(14)2)25-21(26)20-10-9-18(13-23-20)24-19-6-4-3-5-16(19)12-22/h3-11,13,24H,1-2H3,(H,25,26). The van der Waals surface area contributed by atoms with Crippen LogP contribution in [0.15, 0.2) is 60.8 Å². The highest BCUT2D eigenvalue weighted by atomic mass is 16.1. The zero-order valence-electron chi connectivity index (χ0n) is 14.6. The van der Waals surface area contributed by atoms with Gasteiger partial charge in [0.25, 0.3) is 5.91 Å². The van der Waals surface area contributed by atoms with Crippen LogP contribution < -0.4 is 10.6 Å². The fourth-order valence-electron chi connectivity index (χ4n) is 2.46. The molecule has 0 aliphatic carbocycles. The van der Waals surface area contributed by atoms with Crippen LogP contribution in [0.25, 0.3) is 0 Å². The quantitative estimate of drug-likeness (QED) is 0.728. The molecule has 0 spiro atoms. The number of hydrogen-bond donors (Lipinski definition) is 2. The van der Waals surface area contributed by atoms with E-state index in [0.29, 0.717) is 22.6 Å². The highest BCUT2D eigenvalue weighted by Gasteiger charge is 2.09. The van der Waals surface area contributed by atoms with Gasteiger partial charge >= 0.3 is 0 Å². The van der Waals surface area contributed by atoms with E-state index in [9.17, 15) is 4.79 Å². The summed E-state index contributed by atoms with van der Waals surface area (Å²) >= 11 is 0. The first-order valence-corrected chi connectivity index (χ1v) is 8.17. The van der Waals surface area contributed by atoms with Gasteiger partial charge in [-0.1, -0.05) is 18.2 Å². The Labute approximate surface area is 152 Å². The maximum absolute atomic E-state index is 12.3. The van der Waals surface area contributed by atoms with E-state index in [0.717, 1.165) is 11.3 Å². The van der Waals surface area contributed by atoms with Crippen LogP contribution in [0.4, 0.5) is 17.1 Å². The van der Waals surface area contributed by atoms with Crippen molar-refractivity contribution in [3.8, 4) is 6.07 Å². The minimum absolute atomic E-state index is 0.266. The molecule has 0 saturated heterocycles. The van der Waals surface area contributed by atoms with Gasteiger partial charge in [0.2, 0.25) is 0 Å². The minimum atomic E-state index is -0.266. The van der Waals surface area contributed by atoms with Crippen LogP contribution >= 0.6 is 0 Å². The molecule has 0 bridgehead atoms. The number of hydrogen-bond acceptors (Lipinski definition) is 4. The zero-order valence-corrected chi connectivity index (χ0v) is 14.6. The first-order chi connectivity index (χ1) is 12.6. The van der Waals surface area contributed by atoms with Gasteiger partial charge in [-0.05, 0) is 61.4 Å². The van der Waals surface area contributed by atoms with Crippen molar-refractivity contribution in [1.29, 1.82) is 5.26 Å². The van der Waals surface area contributed by atoms with Gasteiger partial charge < -0.3 is 10.6 Å². The third kappa shape index (κ3) is 3.87. The molecule has 3 rings (SSSR count). The van der Waals surface area contributed by atoms with Crippen LogP contribution in [0.2, 0.25) is 0 Å². The molecule has 0 saturated carbocycles. The summed E-state index contributed by atoms with van der Waals surface area (Å²) in [6.45, 7) is 4.03. The molecule has 0 unspecified atom stereocenters. The second-order valence-corrected chi connectivity index (χ2v) is 5.97. The largest absolute Gasteiger partial charge is 0.353 e. The Kier molecular flexibility index (Phi) is 4.95. The summed E-state index contributed by atoms with van der Waals surface area (Å²) in [6, 6.07) is 18.5. The van der Waals surface area contributed by atoms with E-state index in [-0.39, 0.29) is 5.91 Å². The molecule has 2 N–H and O–H groups in total. The number of nitriles is 1. The van der Waals surface area contributed by atoms with E-state index in [2.05, 4.69) is 21.7 Å². The fourth-order valence-corrected chi connectivity index (χ4v) is 2.46. The van der Waals surface area contributed by atoms with Gasteiger partial charge in [0.05, 0.1) is 23.1 Å². The molecule has 1 heterocycles. The molecule has 1 amide bonds. The number of para-hydroxylation sites is 1. The molecular formula is C21H18N4O. The van der Waals surface area contributed by atoms with Crippen LogP contribution in [0, 0.1) is 25.2 Å². The number of amides is 1. The highest BCUT2D eigenvalue weighted by Crippen LogP contribution is 2.20. The lowest BCUT2D eigenvalue weighted by molar-refractivity contribution is 0.102. The molecule has 5 heteroatoms. The number of aryl methyl sites for hydroxylation is 2. The summed E-state index contributed by atoms with van der Waals surface area (Å²) < 4.78 is 0. The number of aromatic nitrogens is 1. The van der Waals surface area contributed by atoms with Crippen molar-refractivity contribution in [1.82, 2.24) is 4.98 Å². The molecule has 0 fully saturated rings. The van der Waals surface area contributed by atoms with Crippen molar-refractivity contribution in [2.24, 2.45) is 0 Å². The van der Waals surface area contributed by atoms with Crippen LogP contribution in [-0.4, -0.2) is 10.9 Å². The van der Waals surface area contributed by atoms with Gasteiger partial charge in [-0.2, -0.15) is 5.26 Å². The molecule has 1 aromatic heterocycles. The van der Waals surface area contributed by atoms with Crippen LogP contribution in [0.5, 0.6) is 0 Å². The normalized spacial score (nSPS) is 10.0. The molecular weight excluding hydrogens is 324 g/mol. The second-order valence-electron chi connectivity index (χ2n) is 5.97. The predicted octanol–water partition coefficient (Wildman–Crippen LogP) is 4.57. The highest BCUT2D eigenvalue weighted by molar-refractivity contribution is 6.03. The fraction of sp³-hybridized carbons (Fsp3) is 0.0952. The Hall–Kier alpha value is -3.65. The summed E-state index contributed by atoms with van der Waals surface area (Å²) in [5.74, 6) is -0.266. The average molecular weight is 342 g/mol. The SMILES string of the molecule is Cc1ccc(NC(=O)c2ccc(Nc3ccccc3C#N)cn2)cc1C. The third-order valence-electron chi connectivity index (χ3n) is 4.09. The number of benzene rings is 2. The number of carbonyl (C=O) groups is 1. The summed E-state index contributed by atoms with van der Waals surface area (Å²) in [5, 5.41) is 15.1. The smallest absolute Gasteiger partial charge is 0.274 e. The summed E-state index contributed by atoms with van der Waals surface area (Å²) in [5.41, 5.74) is 5.30. The van der Waals surface area contributed by atoms with E-state index in [1.807, 2.05) is 50.2 Å². The van der Waals surface area contributed by atoms with Crippen molar-refractivity contribution in [2.75, 3.05) is 10.6 Å². The number of nitrogens with one attached hydrogen (secondary N) is 2. The predicted molar refractivity (Wildman–Crippen MR) is 103 cm³/mol. The molecule has 0 atom stereocenters. The Morgan fingerprint density at radius 2 is 1.77 bits per heavy atom. The molecule has 128 valence electrons. The molecule has 26 heavy (non-hydrogen) atoms. The third-order valence-corrected chi connectivity index (χ3v) is 4.09. The van der Waals surface area contributed by atoms with Crippen molar-refractivity contribution in [3.05, 3.63) is 83.2 Å². The van der Waals surface area contributed by atoms with E-state index < -0.39 is 0 Å². The molecule has 0 aliphatic rings. The van der Waals surface area contributed by atoms with E-state index >= 15 is 0 Å². The maximum Gasteiger partial charge on any atom is 0.274 e. The second kappa shape index (κ2) is 7.49. The number of pyridine rings is 1. The lowest BCUT2D eigenvalue weighted by atomic mass is 10.1. The lowest BCUT2D eigenvalue weighted by Crippen LogP contribution is -2.13. The van der Waals surface area contributed by atoms with Gasteiger partial charge in [-0.15, -0.1) is 0 Å². The van der Waals surface area contributed by atoms with Gasteiger partial charge in [-0.3, -0.25) is 4.79 Å². The van der Waals surface area contributed by atoms with Crippen molar-refractivity contribution >= 4 is 23.0 Å². The van der Waals surface area contributed by atoms with Gasteiger partial charge in [0.1, 0.15) is 11.8 Å². The number of carbonyl (C=O) groups excluding carboxylic acids is 1. The van der Waals surface area contributed by atoms with Crippen molar-refractivity contribution < 1.29 is 4.79 Å². The van der Waals surface area contributed by atoms with E-state index in [1.165, 1.54) is 5.56 Å². The van der Waals surface area contributed by atoms with Crippen LogP contribution in [-0.2, 0) is 0 Å². The molecule has 0 radical (unpaired) electrons. The van der Waals surface area contributed by atoms with Crippen molar-refractivity contribution in [3.63, 3.8) is 0 Å². The van der Waals surface area contributed by atoms with E-state index in [1.54, 1.807) is 24.4 Å². The van der Waals surface area contributed by atoms with Gasteiger partial charge in [-0.25, -0.2) is 4.98 Å². The summed E-state index contributed by atoms with van der Waals surface area (Å²) in [4.78, 5) is 16.6. The number of nitrogens with zero attached hydrogens (tertiary/aromatic N) is 2. The zero-order chi connectivity index (χ0) is 18.5. The first-order valence-electron chi connectivity index (χ1n) is 8.17. The Bertz CT molecular complexity index is 988.